The minimum Gasteiger partial charge on any atom is -0.388 e. The van der Waals surface area contributed by atoms with Gasteiger partial charge in [-0.1, -0.05) is 25.7 Å². The van der Waals surface area contributed by atoms with Crippen LogP contribution in [0.25, 0.3) is 0 Å². The Bertz CT molecular complexity index is 344. The van der Waals surface area contributed by atoms with E-state index >= 15 is 0 Å². The minimum atomic E-state index is -0.598. The molecule has 5 nitrogen and oxygen atoms in total. The molecule has 1 heterocycles. The number of nitrogens with two attached hydrogens (primary N) is 1. The molecule has 1 aromatic rings. The van der Waals surface area contributed by atoms with E-state index in [0.29, 0.717) is 18.2 Å². The van der Waals surface area contributed by atoms with Crippen molar-refractivity contribution in [2.24, 2.45) is 0 Å². The second-order valence-corrected chi connectivity index (χ2v) is 4.84. The van der Waals surface area contributed by atoms with Crippen LogP contribution in [-0.2, 0) is 0 Å². The quantitative estimate of drug-likeness (QED) is 0.693. The summed E-state index contributed by atoms with van der Waals surface area (Å²) in [6, 6.07) is 3.48. The van der Waals surface area contributed by atoms with Crippen molar-refractivity contribution in [2.75, 3.05) is 17.6 Å². The molecule has 1 saturated carbocycles. The molecule has 0 spiro atoms. The van der Waals surface area contributed by atoms with Crippen LogP contribution >= 0.6 is 0 Å². The van der Waals surface area contributed by atoms with Gasteiger partial charge in [-0.05, 0) is 25.0 Å². The van der Waals surface area contributed by atoms with Crippen molar-refractivity contribution in [1.82, 2.24) is 10.2 Å². The van der Waals surface area contributed by atoms with Gasteiger partial charge in [-0.25, -0.2) is 0 Å². The molecule has 0 aliphatic heterocycles. The summed E-state index contributed by atoms with van der Waals surface area (Å²) in [5.41, 5.74) is 4.86. The molecule has 94 valence electrons. The number of rotatable bonds is 3. The standard InChI is InChI=1S/C12H20N4O/c13-10-5-6-11(16-15-10)14-9-12(17)7-3-1-2-4-8-12/h5-6,17H,1-4,7-9H2,(H2,13,15)(H,14,16). The van der Waals surface area contributed by atoms with Gasteiger partial charge in [0.05, 0.1) is 5.60 Å². The van der Waals surface area contributed by atoms with Crippen LogP contribution in [0.2, 0.25) is 0 Å². The van der Waals surface area contributed by atoms with Crippen molar-refractivity contribution in [3.8, 4) is 0 Å². The van der Waals surface area contributed by atoms with Crippen LogP contribution in [0.5, 0.6) is 0 Å². The Labute approximate surface area is 101 Å². The summed E-state index contributed by atoms with van der Waals surface area (Å²) in [4.78, 5) is 0. The lowest BCUT2D eigenvalue weighted by atomic mass is 9.94. The highest BCUT2D eigenvalue weighted by atomic mass is 16.3. The second-order valence-electron chi connectivity index (χ2n) is 4.84. The molecule has 17 heavy (non-hydrogen) atoms. The third-order valence-electron chi connectivity index (χ3n) is 3.32. The van der Waals surface area contributed by atoms with Crippen molar-refractivity contribution < 1.29 is 5.11 Å². The molecule has 1 aliphatic rings. The van der Waals surface area contributed by atoms with Gasteiger partial charge in [0, 0.05) is 6.54 Å². The zero-order valence-corrected chi connectivity index (χ0v) is 10.0. The monoisotopic (exact) mass is 236 g/mol. The molecular weight excluding hydrogens is 216 g/mol. The molecule has 1 aliphatic carbocycles. The summed E-state index contributed by atoms with van der Waals surface area (Å²) in [6.07, 6.45) is 6.38. The van der Waals surface area contributed by atoms with Gasteiger partial charge < -0.3 is 16.2 Å². The van der Waals surface area contributed by atoms with E-state index in [1.165, 1.54) is 12.8 Å². The Hall–Kier alpha value is -1.36. The summed E-state index contributed by atoms with van der Waals surface area (Å²) in [5, 5.41) is 21.3. The predicted molar refractivity (Wildman–Crippen MR) is 67.6 cm³/mol. The van der Waals surface area contributed by atoms with Crippen LogP contribution < -0.4 is 11.1 Å². The Morgan fingerprint density at radius 1 is 1.18 bits per heavy atom. The molecule has 5 heteroatoms. The molecule has 0 saturated heterocycles. The maximum atomic E-state index is 10.4. The fraction of sp³-hybridized carbons (Fsp3) is 0.667. The van der Waals surface area contributed by atoms with Crippen molar-refractivity contribution >= 4 is 11.6 Å². The van der Waals surface area contributed by atoms with E-state index in [0.717, 1.165) is 25.7 Å². The van der Waals surface area contributed by atoms with E-state index in [1.807, 2.05) is 0 Å². The molecule has 0 aromatic carbocycles. The Kier molecular flexibility index (Phi) is 3.78. The van der Waals surface area contributed by atoms with E-state index in [9.17, 15) is 5.11 Å². The lowest BCUT2D eigenvalue weighted by molar-refractivity contribution is 0.0380. The van der Waals surface area contributed by atoms with E-state index in [1.54, 1.807) is 12.1 Å². The molecule has 1 fully saturated rings. The van der Waals surface area contributed by atoms with Gasteiger partial charge in [0.15, 0.2) is 0 Å². The summed E-state index contributed by atoms with van der Waals surface area (Å²) in [6.45, 7) is 0.533. The zero-order chi connectivity index (χ0) is 12.1. The van der Waals surface area contributed by atoms with Gasteiger partial charge in [0.25, 0.3) is 0 Å². The lowest BCUT2D eigenvalue weighted by Gasteiger charge is -2.26. The number of nitrogens with zero attached hydrogens (tertiary/aromatic N) is 2. The fourth-order valence-electron chi connectivity index (χ4n) is 2.26. The van der Waals surface area contributed by atoms with Crippen LogP contribution in [0.4, 0.5) is 11.6 Å². The molecule has 1 aromatic heterocycles. The Balaban J connectivity index is 1.89. The topological polar surface area (TPSA) is 84.1 Å². The number of hydrogen-bond acceptors (Lipinski definition) is 5. The first kappa shape index (κ1) is 12.1. The van der Waals surface area contributed by atoms with Crippen LogP contribution in [0.15, 0.2) is 12.1 Å². The molecule has 2 rings (SSSR count). The van der Waals surface area contributed by atoms with Gasteiger partial charge in [0.2, 0.25) is 0 Å². The van der Waals surface area contributed by atoms with E-state index in [-0.39, 0.29) is 0 Å². The molecule has 0 bridgehead atoms. The van der Waals surface area contributed by atoms with E-state index < -0.39 is 5.60 Å². The predicted octanol–water partition coefficient (Wildman–Crippen LogP) is 1.56. The normalized spacial score (nSPS) is 19.6. The molecule has 0 radical (unpaired) electrons. The average molecular weight is 236 g/mol. The summed E-state index contributed by atoms with van der Waals surface area (Å²) >= 11 is 0. The first-order valence-corrected chi connectivity index (χ1v) is 6.23. The van der Waals surface area contributed by atoms with Crippen LogP contribution in [0.1, 0.15) is 38.5 Å². The highest BCUT2D eigenvalue weighted by molar-refractivity contribution is 5.38. The SMILES string of the molecule is Nc1ccc(NCC2(O)CCCCCC2)nn1. The van der Waals surface area contributed by atoms with Crippen LogP contribution in [-0.4, -0.2) is 27.4 Å². The number of aromatic nitrogens is 2. The average Bonchev–Trinajstić information content (AvgIpc) is 2.54. The third-order valence-corrected chi connectivity index (χ3v) is 3.32. The van der Waals surface area contributed by atoms with Gasteiger partial charge in [-0.15, -0.1) is 10.2 Å². The van der Waals surface area contributed by atoms with E-state index in [4.69, 9.17) is 5.73 Å². The number of anilines is 2. The molecule has 0 unspecified atom stereocenters. The van der Waals surface area contributed by atoms with Gasteiger partial charge in [0.1, 0.15) is 11.6 Å². The van der Waals surface area contributed by atoms with Crippen LogP contribution in [0, 0.1) is 0 Å². The van der Waals surface area contributed by atoms with Crippen molar-refractivity contribution in [2.45, 2.75) is 44.1 Å². The van der Waals surface area contributed by atoms with Crippen LogP contribution in [0.3, 0.4) is 0 Å². The Morgan fingerprint density at radius 3 is 2.47 bits per heavy atom. The van der Waals surface area contributed by atoms with Gasteiger partial charge in [-0.3, -0.25) is 0 Å². The smallest absolute Gasteiger partial charge is 0.148 e. The number of hydrogen-bond donors (Lipinski definition) is 3. The summed E-state index contributed by atoms with van der Waals surface area (Å²) in [7, 11) is 0. The fourth-order valence-corrected chi connectivity index (χ4v) is 2.26. The van der Waals surface area contributed by atoms with Crippen molar-refractivity contribution in [3.63, 3.8) is 0 Å². The maximum Gasteiger partial charge on any atom is 0.148 e. The van der Waals surface area contributed by atoms with Gasteiger partial charge >= 0.3 is 0 Å². The second kappa shape index (κ2) is 5.31. The zero-order valence-electron chi connectivity index (χ0n) is 10.0. The first-order chi connectivity index (χ1) is 8.18. The van der Waals surface area contributed by atoms with Gasteiger partial charge in [-0.2, -0.15) is 0 Å². The summed E-state index contributed by atoms with van der Waals surface area (Å²) < 4.78 is 0. The van der Waals surface area contributed by atoms with Crippen molar-refractivity contribution in [1.29, 1.82) is 0 Å². The molecular formula is C12H20N4O. The molecule has 0 amide bonds. The third kappa shape index (κ3) is 3.56. The first-order valence-electron chi connectivity index (χ1n) is 6.23. The highest BCUT2D eigenvalue weighted by Gasteiger charge is 2.27. The molecule has 4 N–H and O–H groups in total. The van der Waals surface area contributed by atoms with Crippen molar-refractivity contribution in [3.05, 3.63) is 12.1 Å². The molecule has 0 atom stereocenters. The maximum absolute atomic E-state index is 10.4. The minimum absolute atomic E-state index is 0.406. The highest BCUT2D eigenvalue weighted by Crippen LogP contribution is 2.27. The number of nitrogens with one attached hydrogen (secondary N) is 1. The van der Waals surface area contributed by atoms with E-state index in [2.05, 4.69) is 15.5 Å². The lowest BCUT2D eigenvalue weighted by Crippen LogP contribution is -2.36. The number of nitrogen functional groups attached to an aromatic ring is 1. The summed E-state index contributed by atoms with van der Waals surface area (Å²) in [5.74, 6) is 1.07. The largest absolute Gasteiger partial charge is 0.388 e. The number of aliphatic hydroxyl groups is 1. The Morgan fingerprint density at radius 2 is 1.88 bits per heavy atom.